The maximum absolute atomic E-state index is 12.0. The minimum atomic E-state index is -0.497. The number of amides is 1. The first-order valence-electron chi connectivity index (χ1n) is 5.72. The summed E-state index contributed by atoms with van der Waals surface area (Å²) in [6, 6.07) is 6.53. The molecule has 1 heterocycles. The Morgan fingerprint density at radius 1 is 1.39 bits per heavy atom. The van der Waals surface area contributed by atoms with Crippen LogP contribution in [0.15, 0.2) is 18.2 Å². The van der Waals surface area contributed by atoms with Crippen LogP contribution in [0.3, 0.4) is 0 Å². The number of nitrogens with zero attached hydrogens (tertiary/aromatic N) is 1. The Kier molecular flexibility index (Phi) is 3.38. The van der Waals surface area contributed by atoms with Crippen molar-refractivity contribution in [2.24, 2.45) is 5.92 Å². The summed E-state index contributed by atoms with van der Waals surface area (Å²) in [6.07, 6.45) is 0. The first-order chi connectivity index (χ1) is 8.61. The van der Waals surface area contributed by atoms with Crippen LogP contribution in [-0.4, -0.2) is 18.7 Å². The molecule has 1 aliphatic heterocycles. The standard InChI is InChI=1S/C13H14N2O3/c1-8(2)10(6-14)15-13(16)9-3-4-11-12(5-9)18-7-17-11/h3-5,8,10H,7H2,1-2H3,(H,15,16)/t10-/m1/s1. The molecule has 0 spiro atoms. The summed E-state index contributed by atoms with van der Waals surface area (Å²) in [5, 5.41) is 11.6. The van der Waals surface area contributed by atoms with E-state index in [1.807, 2.05) is 13.8 Å². The van der Waals surface area contributed by atoms with Crippen molar-refractivity contribution >= 4 is 5.91 Å². The first-order valence-corrected chi connectivity index (χ1v) is 5.72. The van der Waals surface area contributed by atoms with Gasteiger partial charge in [-0.25, -0.2) is 0 Å². The highest BCUT2D eigenvalue weighted by atomic mass is 16.7. The van der Waals surface area contributed by atoms with Crippen molar-refractivity contribution in [2.45, 2.75) is 19.9 Å². The Balaban J connectivity index is 2.12. The summed E-state index contributed by atoms with van der Waals surface area (Å²) >= 11 is 0. The fraction of sp³-hybridized carbons (Fsp3) is 0.385. The molecule has 1 aliphatic rings. The summed E-state index contributed by atoms with van der Waals surface area (Å²) in [6.45, 7) is 3.94. The number of rotatable bonds is 3. The quantitative estimate of drug-likeness (QED) is 0.881. The normalized spacial score (nSPS) is 14.1. The third-order valence-corrected chi connectivity index (χ3v) is 2.73. The summed E-state index contributed by atoms with van der Waals surface area (Å²) in [5.41, 5.74) is 0.458. The number of hydrogen-bond acceptors (Lipinski definition) is 4. The van der Waals surface area contributed by atoms with E-state index in [1.54, 1.807) is 18.2 Å². The molecule has 0 unspecified atom stereocenters. The van der Waals surface area contributed by atoms with Crippen molar-refractivity contribution in [1.29, 1.82) is 5.26 Å². The van der Waals surface area contributed by atoms with Gasteiger partial charge >= 0.3 is 0 Å². The van der Waals surface area contributed by atoms with Gasteiger partial charge in [0, 0.05) is 5.56 Å². The number of nitriles is 1. The highest BCUT2D eigenvalue weighted by Crippen LogP contribution is 2.32. The van der Waals surface area contributed by atoms with Crippen molar-refractivity contribution in [3.8, 4) is 17.6 Å². The van der Waals surface area contributed by atoms with E-state index in [2.05, 4.69) is 11.4 Å². The molecule has 1 atom stereocenters. The predicted molar refractivity (Wildman–Crippen MR) is 64.3 cm³/mol. The number of ether oxygens (including phenoxy) is 2. The van der Waals surface area contributed by atoms with E-state index in [0.717, 1.165) is 0 Å². The highest BCUT2D eigenvalue weighted by Gasteiger charge is 2.19. The van der Waals surface area contributed by atoms with Crippen molar-refractivity contribution < 1.29 is 14.3 Å². The van der Waals surface area contributed by atoms with Gasteiger partial charge in [-0.3, -0.25) is 4.79 Å². The second-order valence-electron chi connectivity index (χ2n) is 4.39. The lowest BCUT2D eigenvalue weighted by molar-refractivity contribution is 0.0937. The first kappa shape index (κ1) is 12.2. The molecule has 0 bridgehead atoms. The monoisotopic (exact) mass is 246 g/mol. The molecule has 0 saturated carbocycles. The SMILES string of the molecule is CC(C)[C@@H](C#N)NC(=O)c1ccc2c(c1)OCO2. The second kappa shape index (κ2) is 4.96. The largest absolute Gasteiger partial charge is 0.454 e. The maximum atomic E-state index is 12.0. The zero-order chi connectivity index (χ0) is 13.1. The average molecular weight is 246 g/mol. The molecule has 0 aromatic heterocycles. The van der Waals surface area contributed by atoms with Gasteiger partial charge in [0.05, 0.1) is 6.07 Å². The van der Waals surface area contributed by atoms with Gasteiger partial charge in [0.1, 0.15) is 6.04 Å². The number of hydrogen-bond donors (Lipinski definition) is 1. The molecule has 1 N–H and O–H groups in total. The Bertz CT molecular complexity index is 505. The second-order valence-corrected chi connectivity index (χ2v) is 4.39. The van der Waals surface area contributed by atoms with Crippen LogP contribution in [0.25, 0.3) is 0 Å². The van der Waals surface area contributed by atoms with Gasteiger partial charge in [0.2, 0.25) is 6.79 Å². The van der Waals surface area contributed by atoms with Gasteiger partial charge < -0.3 is 14.8 Å². The summed E-state index contributed by atoms with van der Waals surface area (Å²) in [7, 11) is 0. The van der Waals surface area contributed by atoms with Crippen LogP contribution in [0, 0.1) is 17.2 Å². The molecule has 0 saturated heterocycles. The van der Waals surface area contributed by atoms with Gasteiger partial charge in [-0.05, 0) is 24.1 Å². The van der Waals surface area contributed by atoms with Crippen LogP contribution < -0.4 is 14.8 Å². The van der Waals surface area contributed by atoms with Crippen LogP contribution >= 0.6 is 0 Å². The van der Waals surface area contributed by atoms with Crippen molar-refractivity contribution in [3.05, 3.63) is 23.8 Å². The molecule has 1 amide bonds. The lowest BCUT2D eigenvalue weighted by Gasteiger charge is -2.14. The zero-order valence-electron chi connectivity index (χ0n) is 10.3. The van der Waals surface area contributed by atoms with E-state index in [9.17, 15) is 4.79 Å². The Labute approximate surface area is 105 Å². The third-order valence-electron chi connectivity index (χ3n) is 2.73. The summed E-state index contributed by atoms with van der Waals surface area (Å²) in [5.74, 6) is 0.967. The molecule has 5 nitrogen and oxygen atoms in total. The van der Waals surface area contributed by atoms with Gasteiger partial charge in [0.25, 0.3) is 5.91 Å². The van der Waals surface area contributed by atoms with E-state index in [4.69, 9.17) is 14.7 Å². The van der Waals surface area contributed by atoms with Gasteiger partial charge in [-0.15, -0.1) is 0 Å². The topological polar surface area (TPSA) is 71.4 Å². The van der Waals surface area contributed by atoms with E-state index >= 15 is 0 Å². The fourth-order valence-corrected chi connectivity index (χ4v) is 1.61. The minimum absolute atomic E-state index is 0.0629. The smallest absolute Gasteiger partial charge is 0.252 e. The lowest BCUT2D eigenvalue weighted by atomic mass is 10.1. The molecule has 0 fully saturated rings. The van der Waals surface area contributed by atoms with E-state index in [1.165, 1.54) is 0 Å². The van der Waals surface area contributed by atoms with Crippen LogP contribution in [0.5, 0.6) is 11.5 Å². The highest BCUT2D eigenvalue weighted by molar-refractivity contribution is 5.95. The number of fused-ring (bicyclic) bond motifs is 1. The van der Waals surface area contributed by atoms with E-state index in [-0.39, 0.29) is 18.6 Å². The predicted octanol–water partition coefficient (Wildman–Crippen LogP) is 1.69. The molecular weight excluding hydrogens is 232 g/mol. The van der Waals surface area contributed by atoms with Crippen LogP contribution in [0.2, 0.25) is 0 Å². The van der Waals surface area contributed by atoms with E-state index in [0.29, 0.717) is 17.1 Å². The molecule has 2 rings (SSSR count). The zero-order valence-corrected chi connectivity index (χ0v) is 10.3. The van der Waals surface area contributed by atoms with Crippen molar-refractivity contribution in [3.63, 3.8) is 0 Å². The molecule has 1 aromatic rings. The molecule has 18 heavy (non-hydrogen) atoms. The van der Waals surface area contributed by atoms with Crippen molar-refractivity contribution in [1.82, 2.24) is 5.32 Å². The van der Waals surface area contributed by atoms with Gasteiger partial charge in [-0.1, -0.05) is 13.8 Å². The summed E-state index contributed by atoms with van der Waals surface area (Å²) < 4.78 is 10.4. The van der Waals surface area contributed by atoms with Crippen LogP contribution in [-0.2, 0) is 0 Å². The average Bonchev–Trinajstić information content (AvgIpc) is 2.82. The molecule has 0 aliphatic carbocycles. The Morgan fingerprint density at radius 2 is 2.11 bits per heavy atom. The number of nitrogens with one attached hydrogen (secondary N) is 1. The number of carbonyl (C=O) groups excluding carboxylic acids is 1. The summed E-state index contributed by atoms with van der Waals surface area (Å²) in [4.78, 5) is 12.0. The molecular formula is C13H14N2O3. The van der Waals surface area contributed by atoms with E-state index < -0.39 is 6.04 Å². The van der Waals surface area contributed by atoms with Crippen LogP contribution in [0.4, 0.5) is 0 Å². The maximum Gasteiger partial charge on any atom is 0.252 e. The van der Waals surface area contributed by atoms with Gasteiger partial charge in [-0.2, -0.15) is 5.26 Å². The lowest BCUT2D eigenvalue weighted by Crippen LogP contribution is -2.37. The Hall–Kier alpha value is -2.22. The number of carbonyl (C=O) groups is 1. The van der Waals surface area contributed by atoms with Crippen LogP contribution in [0.1, 0.15) is 24.2 Å². The fourth-order valence-electron chi connectivity index (χ4n) is 1.61. The molecule has 5 heteroatoms. The Morgan fingerprint density at radius 3 is 2.78 bits per heavy atom. The van der Waals surface area contributed by atoms with Crippen molar-refractivity contribution in [2.75, 3.05) is 6.79 Å². The third kappa shape index (κ3) is 2.38. The molecule has 0 radical (unpaired) electrons. The number of benzene rings is 1. The molecule has 1 aromatic carbocycles. The minimum Gasteiger partial charge on any atom is -0.454 e. The molecule has 94 valence electrons. The van der Waals surface area contributed by atoms with Gasteiger partial charge in [0.15, 0.2) is 11.5 Å².